The number of nitrogens with one attached hydrogen (secondary N) is 1. The second-order valence-electron chi connectivity index (χ2n) is 7.04. The van der Waals surface area contributed by atoms with E-state index in [9.17, 15) is 0 Å². The van der Waals surface area contributed by atoms with Crippen LogP contribution in [0.15, 0.2) is 12.4 Å². The molecule has 2 rings (SSSR count). The van der Waals surface area contributed by atoms with Crippen LogP contribution in [-0.4, -0.2) is 29.6 Å². The second-order valence-corrected chi connectivity index (χ2v) is 7.04. The summed E-state index contributed by atoms with van der Waals surface area (Å²) in [6.45, 7) is 13.1. The van der Waals surface area contributed by atoms with Crippen LogP contribution in [-0.2, 0) is 6.54 Å². The Morgan fingerprint density at radius 2 is 1.95 bits per heavy atom. The zero-order valence-electron chi connectivity index (χ0n) is 14.0. The molecule has 2 heterocycles. The van der Waals surface area contributed by atoms with Crippen molar-refractivity contribution in [3.63, 3.8) is 0 Å². The Balaban J connectivity index is 1.85. The lowest BCUT2D eigenvalue weighted by atomic mass is 9.78. The molecule has 0 aliphatic carbocycles. The Hall–Kier alpha value is -1.16. The van der Waals surface area contributed by atoms with Crippen molar-refractivity contribution in [1.82, 2.24) is 15.3 Å². The molecule has 1 fully saturated rings. The van der Waals surface area contributed by atoms with Gasteiger partial charge in [-0.1, -0.05) is 34.1 Å². The fourth-order valence-electron chi connectivity index (χ4n) is 2.72. The summed E-state index contributed by atoms with van der Waals surface area (Å²) in [4.78, 5) is 11.5. The predicted molar refractivity (Wildman–Crippen MR) is 88.4 cm³/mol. The molecule has 1 aliphatic heterocycles. The monoisotopic (exact) mass is 290 g/mol. The first kappa shape index (κ1) is 16.2. The van der Waals surface area contributed by atoms with Gasteiger partial charge in [-0.3, -0.25) is 4.98 Å². The zero-order valence-corrected chi connectivity index (χ0v) is 14.0. The first-order chi connectivity index (χ1) is 10.0. The van der Waals surface area contributed by atoms with Crippen molar-refractivity contribution in [2.75, 3.05) is 24.5 Å². The zero-order chi connectivity index (χ0) is 15.3. The maximum absolute atomic E-state index is 4.60. The van der Waals surface area contributed by atoms with Crippen LogP contribution in [0.2, 0.25) is 0 Å². The minimum Gasteiger partial charge on any atom is -0.355 e. The highest BCUT2D eigenvalue weighted by Gasteiger charge is 2.28. The highest BCUT2D eigenvalue weighted by Crippen LogP contribution is 2.34. The van der Waals surface area contributed by atoms with Crippen molar-refractivity contribution in [1.29, 1.82) is 0 Å². The summed E-state index contributed by atoms with van der Waals surface area (Å²) < 4.78 is 0. The van der Waals surface area contributed by atoms with E-state index < -0.39 is 0 Å². The Morgan fingerprint density at radius 1 is 1.24 bits per heavy atom. The Morgan fingerprint density at radius 3 is 2.48 bits per heavy atom. The molecule has 118 valence electrons. The molecule has 0 spiro atoms. The third kappa shape index (κ3) is 4.67. The minimum absolute atomic E-state index is 0.518. The van der Waals surface area contributed by atoms with Crippen LogP contribution < -0.4 is 10.2 Å². The molecule has 0 bridgehead atoms. The van der Waals surface area contributed by atoms with E-state index in [0.717, 1.165) is 37.7 Å². The van der Waals surface area contributed by atoms with Crippen molar-refractivity contribution >= 4 is 5.82 Å². The molecule has 0 radical (unpaired) electrons. The maximum Gasteiger partial charge on any atom is 0.147 e. The highest BCUT2D eigenvalue weighted by molar-refractivity contribution is 5.36. The predicted octanol–water partition coefficient (Wildman–Crippen LogP) is 3.24. The molecule has 4 nitrogen and oxygen atoms in total. The van der Waals surface area contributed by atoms with E-state index in [4.69, 9.17) is 0 Å². The van der Waals surface area contributed by atoms with Crippen LogP contribution in [0.3, 0.4) is 0 Å². The third-order valence-electron chi connectivity index (χ3n) is 4.70. The Labute approximate surface area is 129 Å². The van der Waals surface area contributed by atoms with E-state index >= 15 is 0 Å². The van der Waals surface area contributed by atoms with Gasteiger partial charge in [-0.2, -0.15) is 0 Å². The summed E-state index contributed by atoms with van der Waals surface area (Å²) in [5, 5.41) is 3.40. The standard InChI is InChI=1S/C17H30N4/c1-5-17(4)6-8-21(9-7-17)16-13-19-15(12-20-16)11-18-10-14(2)3/h12-14,18H,5-11H2,1-4H3. The molecule has 1 aromatic heterocycles. The fourth-order valence-corrected chi connectivity index (χ4v) is 2.72. The van der Waals surface area contributed by atoms with Gasteiger partial charge < -0.3 is 10.2 Å². The van der Waals surface area contributed by atoms with Gasteiger partial charge in [0.2, 0.25) is 0 Å². The molecule has 0 unspecified atom stereocenters. The normalized spacial score (nSPS) is 18.2. The summed E-state index contributed by atoms with van der Waals surface area (Å²) in [5.74, 6) is 1.69. The van der Waals surface area contributed by atoms with Crippen LogP contribution in [0, 0.1) is 11.3 Å². The molecule has 1 aliphatic rings. The van der Waals surface area contributed by atoms with Crippen molar-refractivity contribution in [3.8, 4) is 0 Å². The fraction of sp³-hybridized carbons (Fsp3) is 0.765. The lowest BCUT2D eigenvalue weighted by Gasteiger charge is -2.39. The second kappa shape index (κ2) is 7.21. The minimum atomic E-state index is 0.518. The number of anilines is 1. The van der Waals surface area contributed by atoms with Crippen LogP contribution in [0.4, 0.5) is 5.82 Å². The third-order valence-corrected chi connectivity index (χ3v) is 4.70. The first-order valence-electron chi connectivity index (χ1n) is 8.29. The van der Waals surface area contributed by atoms with Gasteiger partial charge in [0.15, 0.2) is 0 Å². The Bertz CT molecular complexity index is 419. The number of hydrogen-bond donors (Lipinski definition) is 1. The van der Waals surface area contributed by atoms with E-state index in [2.05, 4.69) is 47.9 Å². The molecule has 1 saturated heterocycles. The average Bonchev–Trinajstić information content (AvgIpc) is 2.49. The largest absolute Gasteiger partial charge is 0.355 e. The van der Waals surface area contributed by atoms with Crippen molar-refractivity contribution in [2.24, 2.45) is 11.3 Å². The summed E-state index contributed by atoms with van der Waals surface area (Å²) in [6, 6.07) is 0. The van der Waals surface area contributed by atoms with E-state index in [1.165, 1.54) is 19.3 Å². The molecule has 0 atom stereocenters. The topological polar surface area (TPSA) is 41.1 Å². The molecule has 4 heteroatoms. The van der Waals surface area contributed by atoms with Crippen LogP contribution in [0.25, 0.3) is 0 Å². The van der Waals surface area contributed by atoms with Crippen molar-refractivity contribution in [3.05, 3.63) is 18.1 Å². The van der Waals surface area contributed by atoms with Crippen LogP contribution in [0.1, 0.15) is 52.7 Å². The number of piperidine rings is 1. The molecule has 1 aromatic rings. The molecule has 1 N–H and O–H groups in total. The van der Waals surface area contributed by atoms with Gasteiger partial charge in [-0.25, -0.2) is 4.98 Å². The molecule has 0 amide bonds. The van der Waals surface area contributed by atoms with Gasteiger partial charge in [0.05, 0.1) is 18.1 Å². The van der Waals surface area contributed by atoms with Gasteiger partial charge in [0.25, 0.3) is 0 Å². The van der Waals surface area contributed by atoms with Gasteiger partial charge >= 0.3 is 0 Å². The maximum atomic E-state index is 4.60. The number of nitrogens with zero attached hydrogens (tertiary/aromatic N) is 3. The highest BCUT2D eigenvalue weighted by atomic mass is 15.2. The molecule has 21 heavy (non-hydrogen) atoms. The van der Waals surface area contributed by atoms with Crippen LogP contribution in [0.5, 0.6) is 0 Å². The lowest BCUT2D eigenvalue weighted by Crippen LogP contribution is -2.38. The SMILES string of the molecule is CCC1(C)CCN(c2cnc(CNCC(C)C)cn2)CC1. The molecule has 0 saturated carbocycles. The number of aromatic nitrogens is 2. The van der Waals surface area contributed by atoms with E-state index in [-0.39, 0.29) is 0 Å². The van der Waals surface area contributed by atoms with Crippen molar-refractivity contribution < 1.29 is 0 Å². The Kier molecular flexibility index (Phi) is 5.57. The van der Waals surface area contributed by atoms with Gasteiger partial charge in [0.1, 0.15) is 5.82 Å². The van der Waals surface area contributed by atoms with E-state index in [1.807, 2.05) is 12.4 Å². The van der Waals surface area contributed by atoms with Crippen LogP contribution >= 0.6 is 0 Å². The molecular weight excluding hydrogens is 260 g/mol. The summed E-state index contributed by atoms with van der Waals surface area (Å²) >= 11 is 0. The van der Waals surface area contributed by atoms with Gasteiger partial charge in [-0.05, 0) is 30.7 Å². The first-order valence-corrected chi connectivity index (χ1v) is 8.29. The summed E-state index contributed by atoms with van der Waals surface area (Å²) in [6.07, 6.45) is 7.62. The molecular formula is C17H30N4. The number of rotatable bonds is 6. The summed E-state index contributed by atoms with van der Waals surface area (Å²) in [7, 11) is 0. The van der Waals surface area contributed by atoms with Gasteiger partial charge in [-0.15, -0.1) is 0 Å². The van der Waals surface area contributed by atoms with Gasteiger partial charge in [0, 0.05) is 19.6 Å². The van der Waals surface area contributed by atoms with E-state index in [1.54, 1.807) is 0 Å². The summed E-state index contributed by atoms with van der Waals surface area (Å²) in [5.41, 5.74) is 1.54. The average molecular weight is 290 g/mol. The van der Waals surface area contributed by atoms with Crippen molar-refractivity contribution in [2.45, 2.75) is 53.5 Å². The lowest BCUT2D eigenvalue weighted by molar-refractivity contribution is 0.237. The van der Waals surface area contributed by atoms with E-state index in [0.29, 0.717) is 11.3 Å². The smallest absolute Gasteiger partial charge is 0.147 e. The number of hydrogen-bond acceptors (Lipinski definition) is 4. The molecule has 0 aromatic carbocycles. The quantitative estimate of drug-likeness (QED) is 0.873.